The summed E-state index contributed by atoms with van der Waals surface area (Å²) in [6.45, 7) is 2.50. The van der Waals surface area contributed by atoms with Crippen molar-refractivity contribution >= 4 is 11.3 Å². The first-order chi connectivity index (χ1) is 8.19. The minimum absolute atomic E-state index is 0.176. The number of hydrogen-bond donors (Lipinski definition) is 1. The maximum absolute atomic E-state index is 13.1. The second kappa shape index (κ2) is 5.38. The third kappa shape index (κ3) is 3.11. The first-order valence-corrected chi connectivity index (χ1v) is 6.43. The minimum atomic E-state index is -0.200. The fourth-order valence-corrected chi connectivity index (χ4v) is 2.69. The molecule has 2 nitrogen and oxygen atoms in total. The number of hydrogen-bond acceptors (Lipinski definition) is 3. The lowest BCUT2D eigenvalue weighted by Gasteiger charge is -2.11. The highest BCUT2D eigenvalue weighted by molar-refractivity contribution is 7.09. The van der Waals surface area contributed by atoms with E-state index in [0.717, 1.165) is 22.7 Å². The first kappa shape index (κ1) is 12.2. The summed E-state index contributed by atoms with van der Waals surface area (Å²) in [7, 11) is 0. The molecule has 2 N–H and O–H groups in total. The van der Waals surface area contributed by atoms with Crippen molar-refractivity contribution in [2.24, 2.45) is 5.73 Å². The summed E-state index contributed by atoms with van der Waals surface area (Å²) in [5.41, 5.74) is 7.76. The zero-order valence-corrected chi connectivity index (χ0v) is 10.5. The van der Waals surface area contributed by atoms with Gasteiger partial charge in [-0.05, 0) is 31.0 Å². The van der Waals surface area contributed by atoms with Crippen LogP contribution in [0.5, 0.6) is 0 Å². The average molecular weight is 250 g/mol. The van der Waals surface area contributed by atoms with Crippen LogP contribution in [0.15, 0.2) is 29.6 Å². The number of nitrogens with zero attached hydrogens (tertiary/aromatic N) is 1. The lowest BCUT2D eigenvalue weighted by atomic mass is 10.00. The Balaban J connectivity index is 2.15. The Hall–Kier alpha value is -1.26. The van der Waals surface area contributed by atoms with Gasteiger partial charge >= 0.3 is 0 Å². The minimum Gasteiger partial charge on any atom is -0.330 e. The Labute approximate surface area is 104 Å². The van der Waals surface area contributed by atoms with Crippen molar-refractivity contribution < 1.29 is 4.39 Å². The predicted octanol–water partition coefficient (Wildman–Crippen LogP) is 2.88. The lowest BCUT2D eigenvalue weighted by molar-refractivity contribution is 0.620. The van der Waals surface area contributed by atoms with E-state index in [0.29, 0.717) is 6.54 Å². The summed E-state index contributed by atoms with van der Waals surface area (Å²) in [5.74, 6) is -0.0240. The summed E-state index contributed by atoms with van der Waals surface area (Å²) in [5, 5.41) is 3.05. The van der Waals surface area contributed by atoms with E-state index >= 15 is 0 Å². The van der Waals surface area contributed by atoms with E-state index in [2.05, 4.69) is 4.98 Å². The van der Waals surface area contributed by atoms with Crippen LogP contribution < -0.4 is 5.73 Å². The van der Waals surface area contributed by atoms with E-state index in [1.54, 1.807) is 23.5 Å². The van der Waals surface area contributed by atoms with E-state index in [-0.39, 0.29) is 11.7 Å². The molecule has 2 aromatic rings. The van der Waals surface area contributed by atoms with Crippen LogP contribution in [0.3, 0.4) is 0 Å². The average Bonchev–Trinajstić information content (AvgIpc) is 2.73. The molecular formula is C13H15FN2S. The monoisotopic (exact) mass is 250 g/mol. The number of aromatic nitrogens is 1. The van der Waals surface area contributed by atoms with Crippen molar-refractivity contribution in [1.29, 1.82) is 0 Å². The van der Waals surface area contributed by atoms with Crippen LogP contribution in [0.1, 0.15) is 22.2 Å². The molecule has 1 aromatic carbocycles. The van der Waals surface area contributed by atoms with E-state index < -0.39 is 0 Å². The molecule has 1 atom stereocenters. The topological polar surface area (TPSA) is 38.9 Å². The third-order valence-corrected chi connectivity index (χ3v) is 3.77. The molecule has 1 heterocycles. The maximum atomic E-state index is 13.1. The molecule has 0 amide bonds. The summed E-state index contributed by atoms with van der Waals surface area (Å²) in [4.78, 5) is 4.45. The van der Waals surface area contributed by atoms with Gasteiger partial charge in [0.1, 0.15) is 5.82 Å². The highest BCUT2D eigenvalue weighted by atomic mass is 32.1. The SMILES string of the molecule is Cc1csc(C(CN)Cc2cccc(F)c2)n1. The second-order valence-electron chi connectivity index (χ2n) is 4.09. The van der Waals surface area contributed by atoms with E-state index in [4.69, 9.17) is 5.73 Å². The largest absolute Gasteiger partial charge is 0.330 e. The number of nitrogens with two attached hydrogens (primary N) is 1. The summed E-state index contributed by atoms with van der Waals surface area (Å²) < 4.78 is 13.1. The zero-order valence-electron chi connectivity index (χ0n) is 9.69. The summed E-state index contributed by atoms with van der Waals surface area (Å²) >= 11 is 1.62. The molecule has 0 radical (unpaired) electrons. The van der Waals surface area contributed by atoms with Gasteiger partial charge in [0.15, 0.2) is 0 Å². The molecule has 2 rings (SSSR count). The van der Waals surface area contributed by atoms with Gasteiger partial charge in [-0.2, -0.15) is 0 Å². The zero-order chi connectivity index (χ0) is 12.3. The molecular weight excluding hydrogens is 235 g/mol. The number of rotatable bonds is 4. The van der Waals surface area contributed by atoms with Crippen LogP contribution in [0.25, 0.3) is 0 Å². The van der Waals surface area contributed by atoms with Gasteiger partial charge in [0.2, 0.25) is 0 Å². The Bertz CT molecular complexity index is 496. The molecule has 90 valence electrons. The van der Waals surface area contributed by atoms with Gasteiger partial charge in [-0.3, -0.25) is 0 Å². The third-order valence-electron chi connectivity index (χ3n) is 2.64. The fourth-order valence-electron chi connectivity index (χ4n) is 1.78. The molecule has 1 aromatic heterocycles. The van der Waals surface area contributed by atoms with Gasteiger partial charge < -0.3 is 5.73 Å². The van der Waals surface area contributed by atoms with E-state index in [9.17, 15) is 4.39 Å². The molecule has 17 heavy (non-hydrogen) atoms. The van der Waals surface area contributed by atoms with Crippen molar-refractivity contribution in [2.45, 2.75) is 19.3 Å². The molecule has 0 spiro atoms. The van der Waals surface area contributed by atoms with Gasteiger partial charge in [-0.15, -0.1) is 11.3 Å². The summed E-state index contributed by atoms with van der Waals surface area (Å²) in [6.07, 6.45) is 0.737. The normalized spacial score (nSPS) is 12.6. The van der Waals surface area contributed by atoms with Crippen LogP contribution in [0.2, 0.25) is 0 Å². The van der Waals surface area contributed by atoms with Crippen LogP contribution >= 0.6 is 11.3 Å². The molecule has 0 aliphatic heterocycles. The van der Waals surface area contributed by atoms with E-state index in [1.165, 1.54) is 6.07 Å². The number of halogens is 1. The van der Waals surface area contributed by atoms with Crippen molar-refractivity contribution in [3.63, 3.8) is 0 Å². The van der Waals surface area contributed by atoms with Gasteiger partial charge in [0.25, 0.3) is 0 Å². The molecule has 1 unspecified atom stereocenters. The Morgan fingerprint density at radius 2 is 2.29 bits per heavy atom. The van der Waals surface area contributed by atoms with Crippen LogP contribution in [-0.2, 0) is 6.42 Å². The Morgan fingerprint density at radius 3 is 2.88 bits per heavy atom. The van der Waals surface area contributed by atoms with Crippen molar-refractivity contribution in [1.82, 2.24) is 4.98 Å². The highest BCUT2D eigenvalue weighted by Gasteiger charge is 2.14. The number of benzene rings is 1. The van der Waals surface area contributed by atoms with Crippen molar-refractivity contribution in [3.05, 3.63) is 51.7 Å². The van der Waals surface area contributed by atoms with Crippen LogP contribution in [0, 0.1) is 12.7 Å². The molecule has 0 saturated heterocycles. The Kier molecular flexibility index (Phi) is 3.86. The van der Waals surface area contributed by atoms with Crippen molar-refractivity contribution in [3.8, 4) is 0 Å². The molecule has 0 saturated carbocycles. The van der Waals surface area contributed by atoms with Crippen LogP contribution in [-0.4, -0.2) is 11.5 Å². The molecule has 0 aliphatic rings. The molecule has 0 aliphatic carbocycles. The van der Waals surface area contributed by atoms with Gasteiger partial charge in [-0.25, -0.2) is 9.37 Å². The quantitative estimate of drug-likeness (QED) is 0.906. The molecule has 0 bridgehead atoms. The number of thiazole rings is 1. The fraction of sp³-hybridized carbons (Fsp3) is 0.308. The van der Waals surface area contributed by atoms with Gasteiger partial charge in [0.05, 0.1) is 5.01 Å². The number of aryl methyl sites for hydroxylation is 1. The lowest BCUT2D eigenvalue weighted by Crippen LogP contribution is -2.15. The predicted molar refractivity (Wildman–Crippen MR) is 68.8 cm³/mol. The smallest absolute Gasteiger partial charge is 0.123 e. The maximum Gasteiger partial charge on any atom is 0.123 e. The molecule has 0 fully saturated rings. The van der Waals surface area contributed by atoms with E-state index in [1.807, 2.05) is 18.4 Å². The summed E-state index contributed by atoms with van der Waals surface area (Å²) in [6, 6.07) is 6.66. The highest BCUT2D eigenvalue weighted by Crippen LogP contribution is 2.23. The van der Waals surface area contributed by atoms with Crippen molar-refractivity contribution in [2.75, 3.05) is 6.54 Å². The van der Waals surface area contributed by atoms with Gasteiger partial charge in [0, 0.05) is 23.5 Å². The molecule has 4 heteroatoms. The van der Waals surface area contributed by atoms with Crippen LogP contribution in [0.4, 0.5) is 4.39 Å². The van der Waals surface area contributed by atoms with Gasteiger partial charge in [-0.1, -0.05) is 12.1 Å². The first-order valence-electron chi connectivity index (χ1n) is 5.55. The Morgan fingerprint density at radius 1 is 1.47 bits per heavy atom. The second-order valence-corrected chi connectivity index (χ2v) is 4.98. The standard InChI is InChI=1S/C13H15FN2S/c1-9-8-17-13(16-9)11(7-15)5-10-3-2-4-12(14)6-10/h2-4,6,8,11H,5,7,15H2,1H3.